The first-order chi connectivity index (χ1) is 16.5. The minimum absolute atomic E-state index is 0.246. The predicted molar refractivity (Wildman–Crippen MR) is 130 cm³/mol. The molecule has 1 aliphatic heterocycles. The average molecular weight is 486 g/mol. The lowest BCUT2D eigenvalue weighted by Gasteiger charge is -2.41. The van der Waals surface area contributed by atoms with Crippen LogP contribution in [0.2, 0.25) is 0 Å². The highest BCUT2D eigenvalue weighted by Gasteiger charge is 2.42. The van der Waals surface area contributed by atoms with Crippen LogP contribution in [0.15, 0.2) is 42.5 Å². The van der Waals surface area contributed by atoms with Crippen molar-refractivity contribution in [3.05, 3.63) is 70.8 Å². The van der Waals surface area contributed by atoms with Gasteiger partial charge in [-0.3, -0.25) is 14.4 Å². The molecule has 0 radical (unpaired) electrons. The number of ketones is 1. The van der Waals surface area contributed by atoms with Gasteiger partial charge in [0.1, 0.15) is 23.7 Å². The molecule has 2 aromatic carbocycles. The number of likely N-dealkylation sites (N-methyl/N-ethyl adjacent to an activating group) is 1. The first-order valence-electron chi connectivity index (χ1n) is 11.8. The molecule has 8 heteroatoms. The maximum Gasteiger partial charge on any atom is 0.246 e. The molecule has 0 spiro atoms. The summed E-state index contributed by atoms with van der Waals surface area (Å²) in [5.74, 6) is -2.84. The SMILES string of the molecule is CN[C@@H](C)C(=O)N[C@H](C(=O)N1CCc2ccccc2[C@H]1C(=O)Cc1c(F)cccc1F)C(C)(C)C. The van der Waals surface area contributed by atoms with Gasteiger partial charge in [-0.15, -0.1) is 0 Å². The standard InChI is InChI=1S/C27H33F2N3O3/c1-16(30-5)25(34)31-24(27(2,3)4)26(35)32-14-13-17-9-6-7-10-18(17)23(32)22(33)15-19-20(28)11-8-12-21(19)29/h6-12,16,23-24,30H,13-15H2,1-5H3,(H,31,34)/t16-,23-,24+/m0/s1. The summed E-state index contributed by atoms with van der Waals surface area (Å²) in [6.45, 7) is 7.44. The van der Waals surface area contributed by atoms with Crippen molar-refractivity contribution in [2.45, 2.75) is 58.7 Å². The van der Waals surface area contributed by atoms with Crippen molar-refractivity contribution in [2.24, 2.45) is 5.41 Å². The third kappa shape index (κ3) is 5.75. The highest BCUT2D eigenvalue weighted by Crippen LogP contribution is 2.34. The third-order valence-corrected chi connectivity index (χ3v) is 6.51. The summed E-state index contributed by atoms with van der Waals surface area (Å²) in [7, 11) is 1.65. The van der Waals surface area contributed by atoms with Crippen molar-refractivity contribution in [1.29, 1.82) is 0 Å². The zero-order valence-corrected chi connectivity index (χ0v) is 20.8. The highest BCUT2D eigenvalue weighted by atomic mass is 19.1. The number of hydrogen-bond acceptors (Lipinski definition) is 4. The van der Waals surface area contributed by atoms with Crippen molar-refractivity contribution in [1.82, 2.24) is 15.5 Å². The maximum atomic E-state index is 14.3. The fourth-order valence-corrected chi connectivity index (χ4v) is 4.34. The summed E-state index contributed by atoms with van der Waals surface area (Å²) in [6, 6.07) is 8.30. The van der Waals surface area contributed by atoms with Crippen molar-refractivity contribution in [3.8, 4) is 0 Å². The zero-order chi connectivity index (χ0) is 25.9. The Bertz CT molecular complexity index is 1090. The lowest BCUT2D eigenvalue weighted by atomic mass is 9.83. The lowest BCUT2D eigenvalue weighted by Crippen LogP contribution is -2.59. The van der Waals surface area contributed by atoms with Crippen LogP contribution in [0.4, 0.5) is 8.78 Å². The van der Waals surface area contributed by atoms with E-state index in [4.69, 9.17) is 0 Å². The molecule has 0 unspecified atom stereocenters. The molecule has 1 heterocycles. The number of carbonyl (C=O) groups excluding carboxylic acids is 3. The number of amides is 2. The fraction of sp³-hybridized carbons (Fsp3) is 0.444. The number of hydrogen-bond donors (Lipinski definition) is 2. The van der Waals surface area contributed by atoms with Crippen LogP contribution in [0.3, 0.4) is 0 Å². The molecular formula is C27H33F2N3O3. The van der Waals surface area contributed by atoms with E-state index in [0.717, 1.165) is 17.7 Å². The van der Waals surface area contributed by atoms with Gasteiger partial charge in [-0.2, -0.15) is 0 Å². The Balaban J connectivity index is 2.00. The molecule has 6 nitrogen and oxygen atoms in total. The normalized spacial score (nSPS) is 17.3. The Labute approximate surface area is 205 Å². The van der Waals surface area contributed by atoms with Gasteiger partial charge in [0.15, 0.2) is 5.78 Å². The van der Waals surface area contributed by atoms with Gasteiger partial charge in [0, 0.05) is 18.5 Å². The number of carbonyl (C=O) groups is 3. The van der Waals surface area contributed by atoms with Crippen molar-refractivity contribution in [3.63, 3.8) is 0 Å². The topological polar surface area (TPSA) is 78.5 Å². The molecule has 0 aliphatic carbocycles. The quantitative estimate of drug-likeness (QED) is 0.631. The predicted octanol–water partition coefficient (Wildman–Crippen LogP) is 3.34. The van der Waals surface area contributed by atoms with Crippen molar-refractivity contribution < 1.29 is 23.2 Å². The zero-order valence-electron chi connectivity index (χ0n) is 20.8. The molecular weight excluding hydrogens is 452 g/mol. The monoisotopic (exact) mass is 485 g/mol. The maximum absolute atomic E-state index is 14.3. The number of nitrogens with zero attached hydrogens (tertiary/aromatic N) is 1. The van der Waals surface area contributed by atoms with Gasteiger partial charge >= 0.3 is 0 Å². The summed E-state index contributed by atoms with van der Waals surface area (Å²) >= 11 is 0. The molecule has 0 saturated carbocycles. The molecule has 0 bridgehead atoms. The summed E-state index contributed by atoms with van der Waals surface area (Å²) in [5.41, 5.74) is 0.569. The van der Waals surface area contributed by atoms with Gasteiger partial charge in [0.25, 0.3) is 0 Å². The summed E-state index contributed by atoms with van der Waals surface area (Å²) < 4.78 is 28.7. The Morgan fingerprint density at radius 3 is 2.29 bits per heavy atom. The van der Waals surface area contributed by atoms with E-state index in [1.807, 2.05) is 32.9 Å². The largest absolute Gasteiger partial charge is 0.342 e. The van der Waals surface area contributed by atoms with Crippen LogP contribution in [-0.2, 0) is 27.2 Å². The molecule has 2 aromatic rings. The Hall–Kier alpha value is -3.13. The number of halogens is 2. The van der Waals surface area contributed by atoms with Crippen LogP contribution in [0.5, 0.6) is 0 Å². The van der Waals surface area contributed by atoms with Crippen LogP contribution in [0.1, 0.15) is 50.4 Å². The molecule has 2 N–H and O–H groups in total. The first-order valence-corrected chi connectivity index (χ1v) is 11.8. The van der Waals surface area contributed by atoms with Gasteiger partial charge in [0.2, 0.25) is 11.8 Å². The fourth-order valence-electron chi connectivity index (χ4n) is 4.34. The third-order valence-electron chi connectivity index (χ3n) is 6.51. The van der Waals surface area contributed by atoms with Crippen LogP contribution in [0, 0.1) is 17.0 Å². The first kappa shape index (κ1) is 26.5. The second-order valence-electron chi connectivity index (χ2n) is 10.0. The van der Waals surface area contributed by atoms with Crippen molar-refractivity contribution >= 4 is 17.6 Å². The molecule has 0 saturated heterocycles. The number of rotatable bonds is 7. The van der Waals surface area contributed by atoms with Crippen LogP contribution in [-0.4, -0.2) is 48.2 Å². The Morgan fingerprint density at radius 2 is 1.69 bits per heavy atom. The van der Waals surface area contributed by atoms with Gasteiger partial charge in [-0.25, -0.2) is 8.78 Å². The minimum Gasteiger partial charge on any atom is -0.342 e. The van der Waals surface area contributed by atoms with Crippen LogP contribution in [0.25, 0.3) is 0 Å². The minimum atomic E-state index is -1.02. The number of Topliss-reactive ketones (excluding diaryl/α,β-unsaturated/α-hetero) is 1. The molecule has 35 heavy (non-hydrogen) atoms. The number of nitrogens with one attached hydrogen (secondary N) is 2. The molecule has 2 amide bonds. The molecule has 1 aliphatic rings. The highest BCUT2D eigenvalue weighted by molar-refractivity contribution is 5.95. The van der Waals surface area contributed by atoms with E-state index in [2.05, 4.69) is 10.6 Å². The second kappa shape index (κ2) is 10.6. The summed E-state index contributed by atoms with van der Waals surface area (Å²) in [6.07, 6.45) is 0.0299. The lowest BCUT2D eigenvalue weighted by molar-refractivity contribution is -0.146. The Kier molecular flexibility index (Phi) is 8.05. The molecule has 3 atom stereocenters. The van der Waals surface area contributed by atoms with Gasteiger partial charge in [-0.1, -0.05) is 51.1 Å². The van der Waals surface area contributed by atoms with E-state index < -0.39 is 53.3 Å². The van der Waals surface area contributed by atoms with E-state index >= 15 is 0 Å². The van der Waals surface area contributed by atoms with Crippen LogP contribution < -0.4 is 10.6 Å². The summed E-state index contributed by atoms with van der Waals surface area (Å²) in [4.78, 5) is 41.6. The van der Waals surface area contributed by atoms with E-state index in [1.165, 1.54) is 11.0 Å². The number of fused-ring (bicyclic) bond motifs is 1. The van der Waals surface area contributed by atoms with E-state index in [9.17, 15) is 23.2 Å². The number of benzene rings is 2. The Morgan fingerprint density at radius 1 is 1.06 bits per heavy atom. The van der Waals surface area contributed by atoms with Crippen LogP contribution >= 0.6 is 0 Å². The molecule has 0 fully saturated rings. The average Bonchev–Trinajstić information content (AvgIpc) is 2.82. The second-order valence-corrected chi connectivity index (χ2v) is 10.0. The van der Waals surface area contributed by atoms with Gasteiger partial charge < -0.3 is 15.5 Å². The van der Waals surface area contributed by atoms with E-state index in [-0.39, 0.29) is 18.0 Å². The molecule has 188 valence electrons. The van der Waals surface area contributed by atoms with Gasteiger partial charge in [0.05, 0.1) is 6.04 Å². The summed E-state index contributed by atoms with van der Waals surface area (Å²) in [5, 5.41) is 5.69. The molecule has 0 aromatic heterocycles. The van der Waals surface area contributed by atoms with E-state index in [1.54, 1.807) is 26.1 Å². The molecule has 3 rings (SSSR count). The smallest absolute Gasteiger partial charge is 0.246 e. The van der Waals surface area contributed by atoms with Gasteiger partial charge in [-0.05, 0) is 49.1 Å². The van der Waals surface area contributed by atoms with E-state index in [0.29, 0.717) is 12.0 Å². The van der Waals surface area contributed by atoms with Crippen molar-refractivity contribution in [2.75, 3.05) is 13.6 Å².